The number of hydrogen-bond donors (Lipinski definition) is 0. The fraction of sp³-hybridized carbons (Fsp3) is 0.433. The molecule has 0 unspecified atom stereocenters. The predicted octanol–water partition coefficient (Wildman–Crippen LogP) is 3.86. The zero-order valence-electron chi connectivity index (χ0n) is 22.2. The van der Waals surface area contributed by atoms with Gasteiger partial charge in [-0.05, 0) is 30.5 Å². The van der Waals surface area contributed by atoms with E-state index in [0.29, 0.717) is 56.0 Å². The Labute approximate surface area is 223 Å². The van der Waals surface area contributed by atoms with Crippen molar-refractivity contribution in [3.8, 4) is 5.75 Å². The Hall–Kier alpha value is -3.49. The molecule has 8 nitrogen and oxygen atoms in total. The molecule has 202 valence electrons. The molecule has 0 aliphatic carbocycles. The number of fused-ring (bicyclic) bond motifs is 1. The number of nitrogens with zero attached hydrogens (tertiary/aromatic N) is 2. The molecule has 0 bridgehead atoms. The summed E-state index contributed by atoms with van der Waals surface area (Å²) in [6, 6.07) is 15.8. The van der Waals surface area contributed by atoms with E-state index in [1.807, 2.05) is 37.3 Å². The lowest BCUT2D eigenvalue weighted by molar-refractivity contribution is -0.144. The number of aromatic nitrogens is 1. The topological polar surface area (TPSA) is 87.1 Å². The van der Waals surface area contributed by atoms with Crippen molar-refractivity contribution in [3.63, 3.8) is 0 Å². The zero-order valence-corrected chi connectivity index (χ0v) is 22.2. The van der Waals surface area contributed by atoms with Crippen LogP contribution in [-0.2, 0) is 38.4 Å². The first-order valence-electron chi connectivity index (χ1n) is 13.3. The fourth-order valence-corrected chi connectivity index (χ4v) is 4.90. The van der Waals surface area contributed by atoms with Crippen molar-refractivity contribution in [1.82, 2.24) is 9.47 Å². The first-order chi connectivity index (χ1) is 18.5. The molecule has 0 atom stereocenters. The third-order valence-electron chi connectivity index (χ3n) is 6.85. The van der Waals surface area contributed by atoms with Gasteiger partial charge in [0.1, 0.15) is 12.4 Å². The lowest BCUT2D eigenvalue weighted by atomic mass is 10.0. The van der Waals surface area contributed by atoms with Crippen LogP contribution < -0.4 is 4.74 Å². The summed E-state index contributed by atoms with van der Waals surface area (Å²) in [4.78, 5) is 39.8. The molecule has 1 aliphatic heterocycles. The minimum absolute atomic E-state index is 0.0881. The number of esters is 1. The van der Waals surface area contributed by atoms with Gasteiger partial charge in [-0.15, -0.1) is 0 Å². The molecule has 2 aromatic carbocycles. The Morgan fingerprint density at radius 2 is 1.71 bits per heavy atom. The standard InChI is InChI=1S/C30H36N2O6/c1-3-24-29(30(35)22(2)33)28-25(32(24)14-12-23-8-5-4-6-9-23)10-7-11-26(28)37-18-13-27(34)38-21-17-31-15-19-36-20-16-31/h4-11H,3,12-21H2,1-2H3. The minimum Gasteiger partial charge on any atom is -0.492 e. The third-order valence-corrected chi connectivity index (χ3v) is 6.85. The first kappa shape index (κ1) is 27.5. The summed E-state index contributed by atoms with van der Waals surface area (Å²) < 4.78 is 18.8. The number of Topliss-reactive ketones (excluding diaryl/α,β-unsaturated/α-hetero) is 2. The Kier molecular flexibility index (Phi) is 9.67. The van der Waals surface area contributed by atoms with Gasteiger partial charge in [-0.25, -0.2) is 0 Å². The molecule has 2 heterocycles. The average Bonchev–Trinajstić information content (AvgIpc) is 3.26. The van der Waals surface area contributed by atoms with Crippen molar-refractivity contribution in [3.05, 3.63) is 65.4 Å². The Balaban J connectivity index is 1.49. The van der Waals surface area contributed by atoms with Gasteiger partial charge in [-0.2, -0.15) is 0 Å². The highest BCUT2D eigenvalue weighted by Crippen LogP contribution is 2.35. The molecular formula is C30H36N2O6. The van der Waals surface area contributed by atoms with Gasteiger partial charge in [0.15, 0.2) is 5.78 Å². The van der Waals surface area contributed by atoms with Crippen LogP contribution in [0.1, 0.15) is 41.9 Å². The summed E-state index contributed by atoms with van der Waals surface area (Å²) in [5.74, 6) is -0.883. The van der Waals surface area contributed by atoms with Crippen LogP contribution in [0, 0.1) is 0 Å². The molecule has 0 radical (unpaired) electrons. The van der Waals surface area contributed by atoms with Gasteiger partial charge in [0.25, 0.3) is 0 Å². The van der Waals surface area contributed by atoms with E-state index in [9.17, 15) is 14.4 Å². The maximum atomic E-state index is 13.1. The van der Waals surface area contributed by atoms with Crippen molar-refractivity contribution in [2.75, 3.05) is 46.1 Å². The normalized spacial score (nSPS) is 13.9. The summed E-state index contributed by atoms with van der Waals surface area (Å²) in [5, 5.41) is 0.623. The van der Waals surface area contributed by atoms with E-state index in [1.165, 1.54) is 12.5 Å². The Morgan fingerprint density at radius 1 is 0.947 bits per heavy atom. The number of hydrogen-bond acceptors (Lipinski definition) is 7. The molecule has 0 N–H and O–H groups in total. The van der Waals surface area contributed by atoms with Crippen LogP contribution in [0.15, 0.2) is 48.5 Å². The molecule has 0 saturated carbocycles. The number of carbonyl (C=O) groups excluding carboxylic acids is 3. The van der Waals surface area contributed by atoms with E-state index in [-0.39, 0.29) is 19.0 Å². The summed E-state index contributed by atoms with van der Waals surface area (Å²) >= 11 is 0. The smallest absolute Gasteiger partial charge is 0.309 e. The maximum absolute atomic E-state index is 13.1. The molecule has 1 aliphatic rings. The summed E-state index contributed by atoms with van der Waals surface area (Å²) in [7, 11) is 0. The second-order valence-electron chi connectivity index (χ2n) is 9.37. The number of ether oxygens (including phenoxy) is 3. The van der Waals surface area contributed by atoms with Gasteiger partial charge in [-0.1, -0.05) is 43.3 Å². The molecule has 1 aromatic heterocycles. The van der Waals surface area contributed by atoms with E-state index in [2.05, 4.69) is 21.6 Å². The first-order valence-corrected chi connectivity index (χ1v) is 13.3. The van der Waals surface area contributed by atoms with Crippen molar-refractivity contribution >= 4 is 28.4 Å². The van der Waals surface area contributed by atoms with E-state index >= 15 is 0 Å². The van der Waals surface area contributed by atoms with Crippen LogP contribution in [0.4, 0.5) is 0 Å². The second-order valence-corrected chi connectivity index (χ2v) is 9.37. The highest BCUT2D eigenvalue weighted by atomic mass is 16.5. The van der Waals surface area contributed by atoms with Gasteiger partial charge < -0.3 is 18.8 Å². The third kappa shape index (κ3) is 6.68. The molecule has 38 heavy (non-hydrogen) atoms. The Morgan fingerprint density at radius 3 is 2.42 bits per heavy atom. The van der Waals surface area contributed by atoms with E-state index in [0.717, 1.165) is 30.7 Å². The molecule has 0 spiro atoms. The molecule has 8 heteroatoms. The van der Waals surface area contributed by atoms with Gasteiger partial charge in [0.2, 0.25) is 5.78 Å². The van der Waals surface area contributed by atoms with Crippen molar-refractivity contribution < 1.29 is 28.6 Å². The summed E-state index contributed by atoms with van der Waals surface area (Å²) in [6.07, 6.45) is 1.46. The van der Waals surface area contributed by atoms with E-state index in [4.69, 9.17) is 14.2 Å². The SMILES string of the molecule is CCc1c(C(=O)C(C)=O)c2c(OCCC(=O)OCCN3CCOCC3)cccc2n1CCc1ccccc1. The number of morpholine rings is 1. The van der Waals surface area contributed by atoms with Crippen molar-refractivity contribution in [1.29, 1.82) is 0 Å². The highest BCUT2D eigenvalue weighted by Gasteiger charge is 2.26. The van der Waals surface area contributed by atoms with Crippen LogP contribution in [0.5, 0.6) is 5.75 Å². The largest absolute Gasteiger partial charge is 0.492 e. The van der Waals surface area contributed by atoms with Crippen LogP contribution >= 0.6 is 0 Å². The molecule has 0 amide bonds. The van der Waals surface area contributed by atoms with Crippen LogP contribution in [0.3, 0.4) is 0 Å². The van der Waals surface area contributed by atoms with Crippen LogP contribution in [0.2, 0.25) is 0 Å². The monoisotopic (exact) mass is 520 g/mol. The molecular weight excluding hydrogens is 484 g/mol. The van der Waals surface area contributed by atoms with Crippen molar-refractivity contribution in [2.45, 2.75) is 39.7 Å². The second kappa shape index (κ2) is 13.3. The lowest BCUT2D eigenvalue weighted by Gasteiger charge is -2.26. The summed E-state index contributed by atoms with van der Waals surface area (Å²) in [5.41, 5.74) is 3.24. The van der Waals surface area contributed by atoms with Gasteiger partial charge in [0.05, 0.1) is 42.7 Å². The lowest BCUT2D eigenvalue weighted by Crippen LogP contribution is -2.38. The number of carbonyl (C=O) groups is 3. The molecule has 1 saturated heterocycles. The maximum Gasteiger partial charge on any atom is 0.309 e. The average molecular weight is 521 g/mol. The zero-order chi connectivity index (χ0) is 26.9. The fourth-order valence-electron chi connectivity index (χ4n) is 4.90. The van der Waals surface area contributed by atoms with Gasteiger partial charge in [-0.3, -0.25) is 19.3 Å². The summed E-state index contributed by atoms with van der Waals surface area (Å²) in [6.45, 7) is 8.16. The van der Waals surface area contributed by atoms with Crippen LogP contribution in [0.25, 0.3) is 10.9 Å². The van der Waals surface area contributed by atoms with Crippen molar-refractivity contribution in [2.24, 2.45) is 0 Å². The Bertz CT molecular complexity index is 1260. The quantitative estimate of drug-likeness (QED) is 0.192. The molecule has 4 rings (SSSR count). The predicted molar refractivity (Wildman–Crippen MR) is 145 cm³/mol. The van der Waals surface area contributed by atoms with Gasteiger partial charge >= 0.3 is 5.97 Å². The number of rotatable bonds is 13. The molecule has 3 aromatic rings. The highest BCUT2D eigenvalue weighted by molar-refractivity contribution is 6.45. The molecule has 1 fully saturated rings. The van der Waals surface area contributed by atoms with E-state index < -0.39 is 11.6 Å². The minimum atomic E-state index is -0.524. The number of ketones is 2. The van der Waals surface area contributed by atoms with E-state index in [1.54, 1.807) is 6.07 Å². The van der Waals surface area contributed by atoms with Crippen LogP contribution in [-0.4, -0.2) is 73.1 Å². The number of benzene rings is 2. The number of aryl methyl sites for hydroxylation is 2. The van der Waals surface area contributed by atoms with Gasteiger partial charge in [0, 0.05) is 38.8 Å².